The average Bonchev–Trinajstić information content (AvgIpc) is 2.67. The van der Waals surface area contributed by atoms with Crippen molar-refractivity contribution in [2.24, 2.45) is 4.99 Å². The summed E-state index contributed by atoms with van der Waals surface area (Å²) in [6, 6.07) is 9.03. The Morgan fingerprint density at radius 2 is 1.83 bits per heavy atom. The molecule has 10 heteroatoms. The summed E-state index contributed by atoms with van der Waals surface area (Å²) in [7, 11) is 5.46. The summed E-state index contributed by atoms with van der Waals surface area (Å²) < 4.78 is 42.5. The number of nitrogens with zero attached hydrogens (tertiary/aromatic N) is 3. The van der Waals surface area contributed by atoms with Crippen LogP contribution in [0.1, 0.15) is 16.7 Å². The molecule has 0 saturated heterocycles. The lowest BCUT2D eigenvalue weighted by atomic mass is 10.1. The van der Waals surface area contributed by atoms with Crippen molar-refractivity contribution in [2.75, 3.05) is 32.6 Å². The van der Waals surface area contributed by atoms with E-state index < -0.39 is 12.8 Å². The van der Waals surface area contributed by atoms with Crippen LogP contribution in [-0.2, 0) is 13.1 Å². The molecule has 2 rings (SSSR count). The number of hydrogen-bond acceptors (Lipinski definition) is 4. The van der Waals surface area contributed by atoms with Crippen LogP contribution in [0.3, 0.4) is 0 Å². The number of rotatable bonds is 7. The van der Waals surface area contributed by atoms with Gasteiger partial charge in [-0.25, -0.2) is 4.98 Å². The first-order chi connectivity index (χ1) is 13.7. The summed E-state index contributed by atoms with van der Waals surface area (Å²) in [5.74, 6) is 1.57. The molecule has 166 valence electrons. The Balaban J connectivity index is 0.00000450. The third kappa shape index (κ3) is 8.64. The van der Waals surface area contributed by atoms with Crippen molar-refractivity contribution in [3.8, 4) is 5.75 Å². The fraction of sp³-hybridized carbons (Fsp3) is 0.400. The second-order valence-electron chi connectivity index (χ2n) is 6.71. The van der Waals surface area contributed by atoms with E-state index in [1.807, 2.05) is 37.2 Å². The molecule has 1 aromatic carbocycles. The van der Waals surface area contributed by atoms with Crippen LogP contribution in [0.5, 0.6) is 5.75 Å². The van der Waals surface area contributed by atoms with E-state index in [4.69, 9.17) is 4.74 Å². The summed E-state index contributed by atoms with van der Waals surface area (Å²) in [5, 5.41) is 6.28. The van der Waals surface area contributed by atoms with Gasteiger partial charge in [0.2, 0.25) is 0 Å². The first-order valence-electron chi connectivity index (χ1n) is 9.04. The second-order valence-corrected chi connectivity index (χ2v) is 6.71. The third-order valence-electron chi connectivity index (χ3n) is 4.01. The molecule has 1 aromatic heterocycles. The highest BCUT2D eigenvalue weighted by atomic mass is 127. The largest absolute Gasteiger partial charge is 0.484 e. The number of aryl methyl sites for hydroxylation is 1. The summed E-state index contributed by atoms with van der Waals surface area (Å²) in [4.78, 5) is 10.3. The molecule has 0 unspecified atom stereocenters. The quantitative estimate of drug-likeness (QED) is 0.319. The molecule has 0 aliphatic carbocycles. The van der Waals surface area contributed by atoms with Crippen LogP contribution in [0.2, 0.25) is 0 Å². The van der Waals surface area contributed by atoms with Crippen LogP contribution in [0.4, 0.5) is 19.0 Å². The van der Waals surface area contributed by atoms with Crippen molar-refractivity contribution in [3.05, 3.63) is 53.2 Å². The number of anilines is 1. The van der Waals surface area contributed by atoms with Gasteiger partial charge in [0.15, 0.2) is 12.6 Å². The van der Waals surface area contributed by atoms with E-state index in [9.17, 15) is 13.2 Å². The Labute approximate surface area is 192 Å². The second kappa shape index (κ2) is 11.8. The van der Waals surface area contributed by atoms with Crippen LogP contribution in [-0.4, -0.2) is 44.9 Å². The number of alkyl halides is 3. The Kier molecular flexibility index (Phi) is 10.2. The zero-order valence-corrected chi connectivity index (χ0v) is 19.7. The molecule has 2 aromatic rings. The molecule has 0 spiro atoms. The smallest absolute Gasteiger partial charge is 0.422 e. The molecule has 30 heavy (non-hydrogen) atoms. The van der Waals surface area contributed by atoms with Gasteiger partial charge >= 0.3 is 6.18 Å². The fourth-order valence-electron chi connectivity index (χ4n) is 2.50. The number of pyridine rings is 1. The number of guanidine groups is 1. The summed E-state index contributed by atoms with van der Waals surface area (Å²) in [6.45, 7) is 1.27. The van der Waals surface area contributed by atoms with E-state index >= 15 is 0 Å². The summed E-state index contributed by atoms with van der Waals surface area (Å²) in [5.41, 5.74) is 2.46. The lowest BCUT2D eigenvalue weighted by Gasteiger charge is -2.17. The van der Waals surface area contributed by atoms with Gasteiger partial charge in [-0.3, -0.25) is 4.99 Å². The van der Waals surface area contributed by atoms with Gasteiger partial charge in [-0.2, -0.15) is 13.2 Å². The Bertz CT molecular complexity index is 843. The highest BCUT2D eigenvalue weighted by Gasteiger charge is 2.28. The topological polar surface area (TPSA) is 61.8 Å². The highest BCUT2D eigenvalue weighted by Crippen LogP contribution is 2.23. The molecule has 0 aliphatic rings. The third-order valence-corrected chi connectivity index (χ3v) is 4.01. The van der Waals surface area contributed by atoms with Gasteiger partial charge in [-0.1, -0.05) is 12.1 Å². The molecule has 1 heterocycles. The van der Waals surface area contributed by atoms with Crippen molar-refractivity contribution in [1.82, 2.24) is 15.6 Å². The van der Waals surface area contributed by atoms with Crippen molar-refractivity contribution in [1.29, 1.82) is 0 Å². The number of aliphatic imine (C=N–C) groups is 1. The van der Waals surface area contributed by atoms with E-state index in [0.29, 0.717) is 18.1 Å². The first kappa shape index (κ1) is 25.8. The van der Waals surface area contributed by atoms with E-state index in [1.165, 1.54) is 0 Å². The lowest BCUT2D eigenvalue weighted by molar-refractivity contribution is -0.153. The van der Waals surface area contributed by atoms with Crippen LogP contribution in [0.25, 0.3) is 0 Å². The minimum absolute atomic E-state index is 0. The lowest BCUT2D eigenvalue weighted by Crippen LogP contribution is -2.36. The fourth-order valence-corrected chi connectivity index (χ4v) is 2.50. The van der Waals surface area contributed by atoms with Crippen LogP contribution in [0, 0.1) is 6.92 Å². The Hall–Kier alpha value is -2.24. The van der Waals surface area contributed by atoms with Crippen molar-refractivity contribution >= 4 is 35.8 Å². The first-order valence-corrected chi connectivity index (χ1v) is 9.04. The van der Waals surface area contributed by atoms with Crippen LogP contribution < -0.4 is 20.3 Å². The van der Waals surface area contributed by atoms with Crippen LogP contribution in [0.15, 0.2) is 41.5 Å². The number of nitrogens with one attached hydrogen (secondary N) is 2. The Morgan fingerprint density at radius 3 is 2.47 bits per heavy atom. The maximum Gasteiger partial charge on any atom is 0.422 e. The standard InChI is InChI=1S/C20H26F3N5O.HI/c1-14-5-6-16(17(9-14)29-13-20(21,22)23)12-27-19(24-2)26-11-15-7-8-25-18(10-15)28(3)4;/h5-10H,11-13H2,1-4H3,(H2,24,26,27);1H. The maximum atomic E-state index is 12.5. The van der Waals surface area contributed by atoms with Gasteiger partial charge < -0.3 is 20.3 Å². The zero-order valence-electron chi connectivity index (χ0n) is 17.4. The van der Waals surface area contributed by atoms with Crippen LogP contribution >= 0.6 is 24.0 Å². The number of ether oxygens (including phenoxy) is 1. The predicted octanol–water partition coefficient (Wildman–Crippen LogP) is 3.88. The van der Waals surface area contributed by atoms with Gasteiger partial charge in [0.1, 0.15) is 11.6 Å². The molecule has 0 aliphatic heterocycles. The minimum Gasteiger partial charge on any atom is -0.484 e. The van der Waals surface area contributed by atoms with Crippen molar-refractivity contribution in [2.45, 2.75) is 26.2 Å². The Morgan fingerprint density at radius 1 is 1.13 bits per heavy atom. The molecular formula is C20H27F3IN5O. The molecular weight excluding hydrogens is 510 g/mol. The number of aromatic nitrogens is 1. The van der Waals surface area contributed by atoms with Gasteiger partial charge in [0.25, 0.3) is 0 Å². The molecule has 0 amide bonds. The molecule has 0 bridgehead atoms. The normalized spacial score (nSPS) is 11.5. The van der Waals surface area contributed by atoms with Crippen molar-refractivity contribution < 1.29 is 17.9 Å². The zero-order chi connectivity index (χ0) is 21.4. The molecule has 0 fully saturated rings. The molecule has 0 atom stereocenters. The average molecular weight is 537 g/mol. The van der Waals surface area contributed by atoms with E-state index in [0.717, 1.165) is 16.9 Å². The van der Waals surface area contributed by atoms with Gasteiger partial charge in [-0.05, 0) is 36.2 Å². The maximum absolute atomic E-state index is 12.5. The molecule has 0 radical (unpaired) electrons. The van der Waals surface area contributed by atoms with E-state index in [1.54, 1.807) is 32.3 Å². The van der Waals surface area contributed by atoms with Gasteiger partial charge in [0, 0.05) is 46.0 Å². The molecule has 2 N–H and O–H groups in total. The van der Waals surface area contributed by atoms with Gasteiger partial charge in [0.05, 0.1) is 0 Å². The SMILES string of the molecule is CN=C(NCc1ccnc(N(C)C)c1)NCc1ccc(C)cc1OCC(F)(F)F.I. The van der Waals surface area contributed by atoms with E-state index in [2.05, 4.69) is 20.6 Å². The summed E-state index contributed by atoms with van der Waals surface area (Å²) in [6.07, 6.45) is -2.65. The van der Waals surface area contributed by atoms with E-state index in [-0.39, 0.29) is 36.3 Å². The van der Waals surface area contributed by atoms with Crippen molar-refractivity contribution in [3.63, 3.8) is 0 Å². The number of halogens is 4. The number of hydrogen-bond donors (Lipinski definition) is 2. The molecule has 0 saturated carbocycles. The van der Waals surface area contributed by atoms with Gasteiger partial charge in [-0.15, -0.1) is 24.0 Å². The molecule has 6 nitrogen and oxygen atoms in total. The summed E-state index contributed by atoms with van der Waals surface area (Å²) >= 11 is 0. The highest BCUT2D eigenvalue weighted by molar-refractivity contribution is 14.0. The minimum atomic E-state index is -4.39. The monoisotopic (exact) mass is 537 g/mol. The number of benzene rings is 1. The predicted molar refractivity (Wildman–Crippen MR) is 124 cm³/mol.